The van der Waals surface area contributed by atoms with Crippen LogP contribution in [0.25, 0.3) is 0 Å². The summed E-state index contributed by atoms with van der Waals surface area (Å²) in [4.78, 5) is 37.1. The monoisotopic (exact) mass is 512 g/mol. The Labute approximate surface area is 212 Å². The highest BCUT2D eigenvalue weighted by Gasteiger charge is 2.30. The second kappa shape index (κ2) is 11.2. The first kappa shape index (κ1) is 27.3. The zero-order chi connectivity index (χ0) is 27.2. The fraction of sp³-hybridized carbons (Fsp3) is 0.222. The number of carbonyl (C=O) groups excluding carboxylic acids is 3. The first-order valence-electron chi connectivity index (χ1n) is 11.4. The lowest BCUT2D eigenvalue weighted by atomic mass is 9.95. The van der Waals surface area contributed by atoms with E-state index in [1.54, 1.807) is 57.2 Å². The van der Waals surface area contributed by atoms with Gasteiger partial charge in [-0.2, -0.15) is 13.2 Å². The van der Waals surface area contributed by atoms with Gasteiger partial charge in [-0.1, -0.05) is 39.0 Å². The molecule has 10 heteroatoms. The van der Waals surface area contributed by atoms with Crippen LogP contribution in [0.4, 0.5) is 35.9 Å². The quantitative estimate of drug-likeness (QED) is 0.312. The van der Waals surface area contributed by atoms with E-state index in [-0.39, 0.29) is 29.6 Å². The number of benzene rings is 3. The number of carbonyl (C=O) groups is 3. The smallest absolute Gasteiger partial charge is 0.376 e. The van der Waals surface area contributed by atoms with Crippen molar-refractivity contribution in [1.29, 1.82) is 0 Å². The summed E-state index contributed by atoms with van der Waals surface area (Å²) in [6.45, 7) is 5.27. The summed E-state index contributed by atoms with van der Waals surface area (Å²) in [6, 6.07) is 17.3. The topological polar surface area (TPSA) is 99.3 Å². The van der Waals surface area contributed by atoms with Crippen molar-refractivity contribution in [3.05, 3.63) is 83.9 Å². The minimum absolute atomic E-state index is 0.0125. The first-order chi connectivity index (χ1) is 17.3. The van der Waals surface area contributed by atoms with Gasteiger partial charge in [-0.3, -0.25) is 14.4 Å². The Bertz CT molecular complexity index is 1300. The van der Waals surface area contributed by atoms with E-state index in [0.717, 1.165) is 12.1 Å². The maximum absolute atomic E-state index is 12.9. The highest BCUT2D eigenvalue weighted by molar-refractivity contribution is 6.05. The van der Waals surface area contributed by atoms with Gasteiger partial charge in [0.05, 0.1) is 12.1 Å². The van der Waals surface area contributed by atoms with Gasteiger partial charge < -0.3 is 21.3 Å². The van der Waals surface area contributed by atoms with Crippen LogP contribution >= 0.6 is 0 Å². The molecular formula is C27H27F3N4O3. The van der Waals surface area contributed by atoms with Crippen LogP contribution in [0.3, 0.4) is 0 Å². The number of nitrogens with one attached hydrogen (secondary N) is 4. The molecule has 37 heavy (non-hydrogen) atoms. The molecule has 0 spiro atoms. The Morgan fingerprint density at radius 2 is 1.27 bits per heavy atom. The lowest BCUT2D eigenvalue weighted by molar-refractivity contribution is -0.137. The van der Waals surface area contributed by atoms with Crippen LogP contribution in [0.2, 0.25) is 0 Å². The number of hydrogen-bond donors (Lipinski definition) is 4. The summed E-state index contributed by atoms with van der Waals surface area (Å²) in [5.41, 5.74) is 0.287. The Morgan fingerprint density at radius 1 is 0.703 bits per heavy atom. The average Bonchev–Trinajstić information content (AvgIpc) is 2.82. The lowest BCUT2D eigenvalue weighted by Gasteiger charge is -2.18. The highest BCUT2D eigenvalue weighted by atomic mass is 19.4. The van der Waals surface area contributed by atoms with Gasteiger partial charge in [0, 0.05) is 33.7 Å². The molecule has 0 bridgehead atoms. The summed E-state index contributed by atoms with van der Waals surface area (Å²) >= 11 is 0. The van der Waals surface area contributed by atoms with E-state index in [4.69, 9.17) is 0 Å². The molecule has 0 radical (unpaired) electrons. The Hall–Kier alpha value is -4.34. The molecule has 0 saturated carbocycles. The predicted octanol–water partition coefficient (Wildman–Crippen LogP) is 5.99. The Kier molecular flexibility index (Phi) is 8.21. The standard InChI is InChI=1S/C27H27F3N4O3/c1-26(2,3)25(37)34-22-12-6-11-21(15-22)32-23(35)16-31-19-9-4-7-17(13-19)24(36)33-20-10-5-8-18(14-20)27(28,29)30/h4-15,31H,16H2,1-3H3,(H,32,35)(H,33,36)(H,34,37). The minimum atomic E-state index is -4.52. The molecule has 0 saturated heterocycles. The fourth-order valence-electron chi connectivity index (χ4n) is 3.13. The summed E-state index contributed by atoms with van der Waals surface area (Å²) in [6.07, 6.45) is -4.52. The zero-order valence-corrected chi connectivity index (χ0v) is 20.5. The normalized spacial score (nSPS) is 11.4. The van der Waals surface area contributed by atoms with Crippen molar-refractivity contribution in [2.75, 3.05) is 27.8 Å². The Morgan fingerprint density at radius 3 is 1.92 bits per heavy atom. The number of anilines is 4. The van der Waals surface area contributed by atoms with Crippen LogP contribution < -0.4 is 21.3 Å². The first-order valence-corrected chi connectivity index (χ1v) is 11.4. The third kappa shape index (κ3) is 8.09. The van der Waals surface area contributed by atoms with Crippen molar-refractivity contribution in [3.63, 3.8) is 0 Å². The van der Waals surface area contributed by atoms with Gasteiger partial charge in [-0.25, -0.2) is 0 Å². The van der Waals surface area contributed by atoms with Gasteiger partial charge in [-0.05, 0) is 54.6 Å². The number of alkyl halides is 3. The van der Waals surface area contributed by atoms with Gasteiger partial charge in [0.2, 0.25) is 11.8 Å². The third-order valence-corrected chi connectivity index (χ3v) is 5.11. The minimum Gasteiger partial charge on any atom is -0.376 e. The molecule has 3 aromatic rings. The average molecular weight is 513 g/mol. The van der Waals surface area contributed by atoms with Crippen LogP contribution in [-0.2, 0) is 15.8 Å². The molecule has 0 unspecified atom stereocenters. The molecule has 3 aromatic carbocycles. The van der Waals surface area contributed by atoms with Gasteiger partial charge >= 0.3 is 6.18 Å². The van der Waals surface area contributed by atoms with Crippen molar-refractivity contribution < 1.29 is 27.6 Å². The molecule has 0 aliphatic carbocycles. The van der Waals surface area contributed by atoms with E-state index in [9.17, 15) is 27.6 Å². The number of amides is 3. The molecule has 3 rings (SSSR count). The van der Waals surface area contributed by atoms with Crippen molar-refractivity contribution in [1.82, 2.24) is 0 Å². The molecule has 0 fully saturated rings. The number of halogens is 3. The summed E-state index contributed by atoms with van der Waals surface area (Å²) in [5, 5.41) is 10.9. The number of rotatable bonds is 7. The van der Waals surface area contributed by atoms with E-state index in [2.05, 4.69) is 21.3 Å². The molecule has 0 aliphatic heterocycles. The van der Waals surface area contributed by atoms with E-state index < -0.39 is 23.1 Å². The largest absolute Gasteiger partial charge is 0.416 e. The van der Waals surface area contributed by atoms with Crippen LogP contribution in [0.1, 0.15) is 36.7 Å². The highest BCUT2D eigenvalue weighted by Crippen LogP contribution is 2.30. The molecule has 194 valence electrons. The second-order valence-corrected chi connectivity index (χ2v) is 9.30. The van der Waals surface area contributed by atoms with Crippen LogP contribution in [0.15, 0.2) is 72.8 Å². The second-order valence-electron chi connectivity index (χ2n) is 9.30. The molecular weight excluding hydrogens is 485 g/mol. The maximum Gasteiger partial charge on any atom is 0.416 e. The van der Waals surface area contributed by atoms with Crippen molar-refractivity contribution in [2.45, 2.75) is 26.9 Å². The SMILES string of the molecule is CC(C)(C)C(=O)Nc1cccc(NC(=O)CNc2cccc(C(=O)Nc3cccc(C(F)(F)F)c3)c2)c1. The van der Waals surface area contributed by atoms with Crippen molar-refractivity contribution in [3.8, 4) is 0 Å². The fourth-order valence-corrected chi connectivity index (χ4v) is 3.13. The Balaban J connectivity index is 1.57. The van der Waals surface area contributed by atoms with Crippen LogP contribution in [-0.4, -0.2) is 24.3 Å². The molecule has 0 aromatic heterocycles. The van der Waals surface area contributed by atoms with E-state index in [1.807, 2.05) is 0 Å². The maximum atomic E-state index is 12.9. The third-order valence-electron chi connectivity index (χ3n) is 5.11. The molecule has 0 atom stereocenters. The molecule has 3 amide bonds. The van der Waals surface area contributed by atoms with E-state index >= 15 is 0 Å². The lowest BCUT2D eigenvalue weighted by Crippen LogP contribution is -2.27. The summed E-state index contributed by atoms with van der Waals surface area (Å²) < 4.78 is 38.7. The molecule has 7 nitrogen and oxygen atoms in total. The van der Waals surface area contributed by atoms with Gasteiger partial charge in [0.15, 0.2) is 0 Å². The zero-order valence-electron chi connectivity index (χ0n) is 20.5. The molecule has 0 aliphatic rings. The summed E-state index contributed by atoms with van der Waals surface area (Å²) in [7, 11) is 0. The van der Waals surface area contributed by atoms with Crippen LogP contribution in [0, 0.1) is 5.41 Å². The van der Waals surface area contributed by atoms with Crippen molar-refractivity contribution in [2.24, 2.45) is 5.41 Å². The number of hydrogen-bond acceptors (Lipinski definition) is 4. The summed E-state index contributed by atoms with van der Waals surface area (Å²) in [5.74, 6) is -1.12. The van der Waals surface area contributed by atoms with Gasteiger partial charge in [0.25, 0.3) is 5.91 Å². The van der Waals surface area contributed by atoms with E-state index in [1.165, 1.54) is 24.3 Å². The predicted molar refractivity (Wildman–Crippen MR) is 137 cm³/mol. The van der Waals surface area contributed by atoms with E-state index in [0.29, 0.717) is 17.1 Å². The van der Waals surface area contributed by atoms with Crippen molar-refractivity contribution >= 4 is 40.5 Å². The molecule has 0 heterocycles. The van der Waals surface area contributed by atoms with Gasteiger partial charge in [0.1, 0.15) is 0 Å². The van der Waals surface area contributed by atoms with Crippen LogP contribution in [0.5, 0.6) is 0 Å². The van der Waals surface area contributed by atoms with Gasteiger partial charge in [-0.15, -0.1) is 0 Å². The molecule has 4 N–H and O–H groups in total.